The molecule has 1 aromatic heterocycles. The minimum absolute atomic E-state index is 0.462. The molecule has 80 valence electrons. The Bertz CT molecular complexity index is 255. The monoisotopic (exact) mass is 195 g/mol. The van der Waals surface area contributed by atoms with E-state index in [2.05, 4.69) is 32.2 Å². The van der Waals surface area contributed by atoms with Crippen LogP contribution in [0.15, 0.2) is 16.7 Å². The topological polar surface area (TPSA) is 25.2 Å². The van der Waals surface area contributed by atoms with Crippen LogP contribution in [0.4, 0.5) is 0 Å². The maximum atomic E-state index is 5.44. The van der Waals surface area contributed by atoms with Crippen LogP contribution >= 0.6 is 0 Å². The molecule has 1 atom stereocenters. The summed E-state index contributed by atoms with van der Waals surface area (Å²) in [6, 6.07) is 2.55. The Morgan fingerprint density at radius 2 is 2.14 bits per heavy atom. The molecule has 1 aromatic rings. The smallest absolute Gasteiger partial charge is 0.108 e. The zero-order valence-corrected chi connectivity index (χ0v) is 9.47. The van der Waals surface area contributed by atoms with Crippen LogP contribution in [0.2, 0.25) is 0 Å². The molecule has 1 N–H and O–H groups in total. The van der Waals surface area contributed by atoms with Gasteiger partial charge in [0.1, 0.15) is 5.76 Å². The fraction of sp³-hybridized carbons (Fsp3) is 0.667. The summed E-state index contributed by atoms with van der Waals surface area (Å²) in [6.07, 6.45) is 5.07. The molecule has 0 fully saturated rings. The zero-order chi connectivity index (χ0) is 10.4. The molecule has 0 aliphatic rings. The lowest BCUT2D eigenvalue weighted by Crippen LogP contribution is -2.21. The van der Waals surface area contributed by atoms with Gasteiger partial charge >= 0.3 is 0 Å². The van der Waals surface area contributed by atoms with E-state index in [4.69, 9.17) is 4.42 Å². The predicted octanol–water partition coefficient (Wildman–Crippen LogP) is 3.29. The van der Waals surface area contributed by atoms with Gasteiger partial charge in [0, 0.05) is 18.0 Å². The van der Waals surface area contributed by atoms with Gasteiger partial charge < -0.3 is 9.73 Å². The van der Waals surface area contributed by atoms with Gasteiger partial charge in [0.05, 0.1) is 6.26 Å². The Labute approximate surface area is 86.7 Å². The molecule has 0 amide bonds. The number of furan rings is 1. The second kappa shape index (κ2) is 5.86. The minimum atomic E-state index is 0.462. The summed E-state index contributed by atoms with van der Waals surface area (Å²) in [4.78, 5) is 0. The highest BCUT2D eigenvalue weighted by Gasteiger charge is 2.13. The quantitative estimate of drug-likeness (QED) is 0.753. The lowest BCUT2D eigenvalue weighted by molar-refractivity contribution is 0.477. The van der Waals surface area contributed by atoms with Crippen molar-refractivity contribution in [3.05, 3.63) is 23.7 Å². The average molecular weight is 195 g/mol. The first-order valence-electron chi connectivity index (χ1n) is 5.63. The largest absolute Gasteiger partial charge is 0.469 e. The Hall–Kier alpha value is -0.760. The van der Waals surface area contributed by atoms with Crippen molar-refractivity contribution in [2.24, 2.45) is 0 Å². The van der Waals surface area contributed by atoms with Gasteiger partial charge in [0.15, 0.2) is 0 Å². The number of aryl methyl sites for hydroxylation is 1. The lowest BCUT2D eigenvalue weighted by atomic mass is 10.0. The first kappa shape index (κ1) is 11.3. The molecular weight excluding hydrogens is 174 g/mol. The van der Waals surface area contributed by atoms with Crippen molar-refractivity contribution in [3.8, 4) is 0 Å². The molecule has 0 radical (unpaired) electrons. The molecule has 2 nitrogen and oxygen atoms in total. The van der Waals surface area contributed by atoms with Crippen LogP contribution in [0.5, 0.6) is 0 Å². The first-order chi connectivity index (χ1) is 6.83. The SMILES string of the molecule is CCCNC(CC)c1ccoc1CC. The van der Waals surface area contributed by atoms with Crippen LogP contribution in [-0.2, 0) is 6.42 Å². The fourth-order valence-corrected chi connectivity index (χ4v) is 1.74. The van der Waals surface area contributed by atoms with Crippen LogP contribution < -0.4 is 5.32 Å². The van der Waals surface area contributed by atoms with Gasteiger partial charge in [-0.05, 0) is 25.5 Å². The molecule has 0 spiro atoms. The van der Waals surface area contributed by atoms with Gasteiger partial charge in [0.2, 0.25) is 0 Å². The van der Waals surface area contributed by atoms with E-state index in [9.17, 15) is 0 Å². The highest BCUT2D eigenvalue weighted by Crippen LogP contribution is 2.22. The molecule has 0 aliphatic heterocycles. The average Bonchev–Trinajstić information content (AvgIpc) is 2.67. The van der Waals surface area contributed by atoms with E-state index in [1.807, 2.05) is 0 Å². The van der Waals surface area contributed by atoms with Crippen LogP contribution in [0, 0.1) is 0 Å². The van der Waals surface area contributed by atoms with Crippen molar-refractivity contribution in [1.82, 2.24) is 5.32 Å². The molecule has 1 unspecified atom stereocenters. The van der Waals surface area contributed by atoms with E-state index in [0.29, 0.717) is 6.04 Å². The molecular formula is C12H21NO. The van der Waals surface area contributed by atoms with Crippen LogP contribution in [-0.4, -0.2) is 6.54 Å². The zero-order valence-electron chi connectivity index (χ0n) is 9.47. The molecule has 1 heterocycles. The van der Waals surface area contributed by atoms with Gasteiger partial charge in [-0.1, -0.05) is 20.8 Å². The third-order valence-corrected chi connectivity index (χ3v) is 2.53. The maximum Gasteiger partial charge on any atom is 0.108 e. The van der Waals surface area contributed by atoms with E-state index in [1.165, 1.54) is 12.0 Å². The molecule has 0 aliphatic carbocycles. The second-order valence-electron chi connectivity index (χ2n) is 3.57. The fourth-order valence-electron chi connectivity index (χ4n) is 1.74. The number of hydrogen-bond donors (Lipinski definition) is 1. The van der Waals surface area contributed by atoms with Crippen LogP contribution in [0.1, 0.15) is 51.0 Å². The summed E-state index contributed by atoms with van der Waals surface area (Å²) in [5, 5.41) is 3.54. The van der Waals surface area contributed by atoms with Crippen molar-refractivity contribution in [1.29, 1.82) is 0 Å². The summed E-state index contributed by atoms with van der Waals surface area (Å²) in [7, 11) is 0. The number of nitrogens with one attached hydrogen (secondary N) is 1. The van der Waals surface area contributed by atoms with Gasteiger partial charge in [-0.2, -0.15) is 0 Å². The third kappa shape index (κ3) is 2.61. The Kier molecular flexibility index (Phi) is 4.74. The molecule has 0 saturated carbocycles. The van der Waals surface area contributed by atoms with Crippen molar-refractivity contribution >= 4 is 0 Å². The molecule has 0 aromatic carbocycles. The van der Waals surface area contributed by atoms with Crippen molar-refractivity contribution in [2.75, 3.05) is 6.54 Å². The van der Waals surface area contributed by atoms with Crippen molar-refractivity contribution in [3.63, 3.8) is 0 Å². The second-order valence-corrected chi connectivity index (χ2v) is 3.57. The van der Waals surface area contributed by atoms with Crippen LogP contribution in [0.3, 0.4) is 0 Å². The number of rotatable bonds is 6. The highest BCUT2D eigenvalue weighted by atomic mass is 16.3. The minimum Gasteiger partial charge on any atom is -0.469 e. The van der Waals surface area contributed by atoms with Crippen molar-refractivity contribution in [2.45, 2.75) is 46.1 Å². The molecule has 0 bridgehead atoms. The molecule has 2 heteroatoms. The van der Waals surface area contributed by atoms with Gasteiger partial charge in [-0.25, -0.2) is 0 Å². The predicted molar refractivity (Wildman–Crippen MR) is 59.4 cm³/mol. The van der Waals surface area contributed by atoms with E-state index < -0.39 is 0 Å². The van der Waals surface area contributed by atoms with Crippen LogP contribution in [0.25, 0.3) is 0 Å². The van der Waals surface area contributed by atoms with E-state index in [0.717, 1.165) is 25.1 Å². The van der Waals surface area contributed by atoms with E-state index in [-0.39, 0.29) is 0 Å². The van der Waals surface area contributed by atoms with Gasteiger partial charge in [0.25, 0.3) is 0 Å². The van der Waals surface area contributed by atoms with Gasteiger partial charge in [-0.15, -0.1) is 0 Å². The Morgan fingerprint density at radius 1 is 1.36 bits per heavy atom. The van der Waals surface area contributed by atoms with E-state index in [1.54, 1.807) is 6.26 Å². The van der Waals surface area contributed by atoms with E-state index >= 15 is 0 Å². The molecule has 0 saturated heterocycles. The summed E-state index contributed by atoms with van der Waals surface area (Å²) >= 11 is 0. The Balaban J connectivity index is 2.67. The maximum absolute atomic E-state index is 5.44. The molecule has 1 rings (SSSR count). The summed E-state index contributed by atoms with van der Waals surface area (Å²) in [5.41, 5.74) is 1.34. The standard InChI is InChI=1S/C12H21NO/c1-4-8-13-11(5-2)10-7-9-14-12(10)6-3/h7,9,11,13H,4-6,8H2,1-3H3. The summed E-state index contributed by atoms with van der Waals surface area (Å²) < 4.78 is 5.44. The summed E-state index contributed by atoms with van der Waals surface area (Å²) in [5.74, 6) is 1.13. The normalized spacial score (nSPS) is 13.1. The van der Waals surface area contributed by atoms with Gasteiger partial charge in [-0.3, -0.25) is 0 Å². The third-order valence-electron chi connectivity index (χ3n) is 2.53. The Morgan fingerprint density at radius 3 is 2.71 bits per heavy atom. The summed E-state index contributed by atoms with van der Waals surface area (Å²) in [6.45, 7) is 7.61. The van der Waals surface area contributed by atoms with Crippen molar-refractivity contribution < 1.29 is 4.42 Å². The first-order valence-corrected chi connectivity index (χ1v) is 5.63. The molecule has 14 heavy (non-hydrogen) atoms. The number of hydrogen-bond acceptors (Lipinski definition) is 2. The lowest BCUT2D eigenvalue weighted by Gasteiger charge is -2.16. The highest BCUT2D eigenvalue weighted by molar-refractivity contribution is 5.21.